The van der Waals surface area contributed by atoms with E-state index in [1.165, 1.54) is 0 Å². The van der Waals surface area contributed by atoms with Crippen LogP contribution in [0.2, 0.25) is 0 Å². The van der Waals surface area contributed by atoms with Gasteiger partial charge in [-0.3, -0.25) is 9.80 Å². The first-order valence-corrected chi connectivity index (χ1v) is 13.1. The second kappa shape index (κ2) is 11.2. The maximum absolute atomic E-state index is 4.66. The van der Waals surface area contributed by atoms with Gasteiger partial charge >= 0.3 is 0 Å². The van der Waals surface area contributed by atoms with Crippen LogP contribution in [0.15, 0.2) is 134 Å². The van der Waals surface area contributed by atoms with E-state index in [9.17, 15) is 0 Å². The lowest BCUT2D eigenvalue weighted by atomic mass is 10.0. The molecule has 0 aliphatic heterocycles. The Kier molecular flexibility index (Phi) is 6.97. The van der Waals surface area contributed by atoms with Crippen molar-refractivity contribution < 1.29 is 0 Å². The molecule has 0 bridgehead atoms. The summed E-state index contributed by atoms with van der Waals surface area (Å²) in [6.45, 7) is 4.07. The predicted molar refractivity (Wildman–Crippen MR) is 162 cm³/mol. The number of aromatic nitrogens is 4. The van der Waals surface area contributed by atoms with Crippen molar-refractivity contribution in [3.63, 3.8) is 0 Å². The Bertz CT molecular complexity index is 1540. The van der Waals surface area contributed by atoms with E-state index in [1.807, 2.05) is 74.8 Å². The van der Waals surface area contributed by atoms with Crippen LogP contribution in [0.3, 0.4) is 0 Å². The maximum atomic E-state index is 4.66. The lowest BCUT2D eigenvalue weighted by molar-refractivity contribution is 1.11. The second-order valence-electron chi connectivity index (χ2n) is 9.53. The minimum absolute atomic E-state index is 0.815. The average Bonchev–Trinajstić information content (AvgIpc) is 3.01. The van der Waals surface area contributed by atoms with Gasteiger partial charge in [-0.05, 0) is 96.8 Å². The third kappa shape index (κ3) is 5.28. The number of rotatable bonds is 7. The van der Waals surface area contributed by atoms with E-state index >= 15 is 0 Å². The number of anilines is 6. The van der Waals surface area contributed by atoms with Gasteiger partial charge < -0.3 is 0 Å². The summed E-state index contributed by atoms with van der Waals surface area (Å²) < 4.78 is 0. The molecule has 6 heteroatoms. The molecule has 0 unspecified atom stereocenters. The fourth-order valence-electron chi connectivity index (χ4n) is 4.53. The molecule has 0 N–H and O–H groups in total. The Morgan fingerprint density at radius 3 is 1.12 bits per heavy atom. The van der Waals surface area contributed by atoms with E-state index in [2.05, 4.69) is 90.4 Å². The first kappa shape index (κ1) is 24.9. The number of hydrogen-bond donors (Lipinski definition) is 0. The van der Waals surface area contributed by atoms with Gasteiger partial charge in [-0.25, -0.2) is 19.9 Å². The van der Waals surface area contributed by atoms with E-state index in [0.717, 1.165) is 56.9 Å². The van der Waals surface area contributed by atoms with Crippen molar-refractivity contribution in [3.8, 4) is 11.1 Å². The van der Waals surface area contributed by atoms with Gasteiger partial charge in [0.1, 0.15) is 23.3 Å². The zero-order chi connectivity index (χ0) is 27.3. The van der Waals surface area contributed by atoms with Gasteiger partial charge in [-0.1, -0.05) is 48.5 Å². The Morgan fingerprint density at radius 1 is 0.400 bits per heavy atom. The summed E-state index contributed by atoms with van der Waals surface area (Å²) in [6.07, 6.45) is 7.35. The summed E-state index contributed by atoms with van der Waals surface area (Å²) in [7, 11) is 0. The molecular formula is C34H28N6. The van der Waals surface area contributed by atoms with Gasteiger partial charge in [-0.2, -0.15) is 0 Å². The smallest absolute Gasteiger partial charge is 0.138 e. The van der Waals surface area contributed by atoms with Gasteiger partial charge in [0.05, 0.1) is 0 Å². The lowest BCUT2D eigenvalue weighted by Gasteiger charge is -2.24. The summed E-state index contributed by atoms with van der Waals surface area (Å²) in [4.78, 5) is 22.6. The molecule has 0 radical (unpaired) electrons. The molecule has 6 nitrogen and oxygen atoms in total. The van der Waals surface area contributed by atoms with Crippen LogP contribution in [-0.2, 0) is 0 Å². The SMILES string of the molecule is Cc1ccc(N(c2ccc(-c3ccc(N(c4ccccn4)c4ccc(C)cn4)cc3)cc2)c2ccccn2)nc1. The molecule has 4 heterocycles. The van der Waals surface area contributed by atoms with Crippen LogP contribution in [0.5, 0.6) is 0 Å². The van der Waals surface area contributed by atoms with Crippen molar-refractivity contribution in [1.82, 2.24) is 19.9 Å². The summed E-state index contributed by atoms with van der Waals surface area (Å²) in [5.41, 5.74) is 6.44. The topological polar surface area (TPSA) is 58.0 Å². The third-order valence-corrected chi connectivity index (χ3v) is 6.59. The highest BCUT2D eigenvalue weighted by atomic mass is 15.2. The van der Waals surface area contributed by atoms with E-state index in [0.29, 0.717) is 0 Å². The summed E-state index contributed by atoms with van der Waals surface area (Å²) in [5.74, 6) is 3.27. The highest BCUT2D eigenvalue weighted by Crippen LogP contribution is 2.35. The second-order valence-corrected chi connectivity index (χ2v) is 9.53. The van der Waals surface area contributed by atoms with Crippen LogP contribution in [-0.4, -0.2) is 19.9 Å². The molecule has 0 spiro atoms. The van der Waals surface area contributed by atoms with Gasteiger partial charge in [-0.15, -0.1) is 0 Å². The van der Waals surface area contributed by atoms with Crippen LogP contribution in [0.25, 0.3) is 11.1 Å². The first-order valence-electron chi connectivity index (χ1n) is 13.1. The van der Waals surface area contributed by atoms with Crippen molar-refractivity contribution in [3.05, 3.63) is 145 Å². The minimum Gasteiger partial charge on any atom is -0.279 e. The molecule has 6 aromatic rings. The first-order chi connectivity index (χ1) is 19.7. The number of aryl methyl sites for hydroxylation is 2. The molecule has 2 aromatic carbocycles. The quantitative estimate of drug-likeness (QED) is 0.210. The number of pyridine rings is 4. The van der Waals surface area contributed by atoms with Gasteiger partial charge in [0.15, 0.2) is 0 Å². The normalized spacial score (nSPS) is 10.8. The predicted octanol–water partition coefficient (Wildman–Crippen LogP) is 8.49. The number of nitrogens with zero attached hydrogens (tertiary/aromatic N) is 6. The molecule has 4 aromatic heterocycles. The monoisotopic (exact) mass is 520 g/mol. The van der Waals surface area contributed by atoms with Gasteiger partial charge in [0.2, 0.25) is 0 Å². The standard InChI is InChI=1S/C34H28N6/c1-25-9-19-33(37-23-25)39(31-7-3-5-21-35-31)29-15-11-27(12-16-29)28-13-17-30(18-14-28)40(32-8-4-6-22-36-32)34-20-10-26(2)24-38-34/h3-24H,1-2H3. The minimum atomic E-state index is 0.815. The molecule has 0 aliphatic carbocycles. The lowest BCUT2D eigenvalue weighted by Crippen LogP contribution is -2.13. The highest BCUT2D eigenvalue weighted by Gasteiger charge is 2.16. The van der Waals surface area contributed by atoms with E-state index in [1.54, 1.807) is 12.4 Å². The molecule has 40 heavy (non-hydrogen) atoms. The van der Waals surface area contributed by atoms with Crippen molar-refractivity contribution in [1.29, 1.82) is 0 Å². The molecule has 0 aliphatic rings. The Morgan fingerprint density at radius 2 is 0.800 bits per heavy atom. The molecule has 0 atom stereocenters. The summed E-state index contributed by atoms with van der Waals surface area (Å²) in [5, 5.41) is 0. The van der Waals surface area contributed by atoms with E-state index in [-0.39, 0.29) is 0 Å². The van der Waals surface area contributed by atoms with E-state index < -0.39 is 0 Å². The van der Waals surface area contributed by atoms with Crippen LogP contribution >= 0.6 is 0 Å². The Balaban J connectivity index is 1.31. The van der Waals surface area contributed by atoms with Crippen molar-refractivity contribution in [2.75, 3.05) is 9.80 Å². The molecular weight excluding hydrogens is 492 g/mol. The van der Waals surface area contributed by atoms with Crippen LogP contribution < -0.4 is 9.80 Å². The molecule has 6 rings (SSSR count). The van der Waals surface area contributed by atoms with Crippen LogP contribution in [0, 0.1) is 13.8 Å². The van der Waals surface area contributed by atoms with Crippen molar-refractivity contribution in [2.24, 2.45) is 0 Å². The molecule has 0 saturated carbocycles. The van der Waals surface area contributed by atoms with Crippen LogP contribution in [0.4, 0.5) is 34.6 Å². The van der Waals surface area contributed by atoms with Gasteiger partial charge in [0, 0.05) is 36.2 Å². The van der Waals surface area contributed by atoms with Crippen molar-refractivity contribution in [2.45, 2.75) is 13.8 Å². The Hall–Kier alpha value is -5.36. The molecule has 0 saturated heterocycles. The fourth-order valence-corrected chi connectivity index (χ4v) is 4.53. The number of benzene rings is 2. The van der Waals surface area contributed by atoms with Crippen LogP contribution in [0.1, 0.15) is 11.1 Å². The summed E-state index contributed by atoms with van der Waals surface area (Å²) in [6, 6.07) is 36.9. The zero-order valence-electron chi connectivity index (χ0n) is 22.4. The van der Waals surface area contributed by atoms with Crippen molar-refractivity contribution >= 4 is 34.6 Å². The average molecular weight is 521 g/mol. The third-order valence-electron chi connectivity index (χ3n) is 6.59. The van der Waals surface area contributed by atoms with E-state index in [4.69, 9.17) is 0 Å². The molecule has 0 fully saturated rings. The molecule has 194 valence electrons. The largest absolute Gasteiger partial charge is 0.279 e. The Labute approximate surface area is 234 Å². The fraction of sp³-hybridized carbons (Fsp3) is 0.0588. The number of hydrogen-bond acceptors (Lipinski definition) is 6. The molecule has 0 amide bonds. The zero-order valence-corrected chi connectivity index (χ0v) is 22.4. The summed E-state index contributed by atoms with van der Waals surface area (Å²) >= 11 is 0. The van der Waals surface area contributed by atoms with Gasteiger partial charge in [0.25, 0.3) is 0 Å². The highest BCUT2D eigenvalue weighted by molar-refractivity contribution is 5.77. The maximum Gasteiger partial charge on any atom is 0.138 e.